The standard InChI is InChI=1S/C15H20N4O3/c1-4-19-10-11(9-17-19)8-16-15(20)18-13-7-12(21-2)5-6-14(13)22-3/h5-7,9-10H,4,8H2,1-3H3,(H2,16,18,20). The number of ether oxygens (including phenoxy) is 2. The number of aromatic nitrogens is 2. The second kappa shape index (κ2) is 7.35. The molecule has 0 aliphatic rings. The first-order chi connectivity index (χ1) is 10.7. The molecule has 1 heterocycles. The predicted octanol–water partition coefficient (Wildman–Crippen LogP) is 2.24. The van der Waals surface area contributed by atoms with Crippen molar-refractivity contribution in [1.82, 2.24) is 15.1 Å². The largest absolute Gasteiger partial charge is 0.497 e. The van der Waals surface area contributed by atoms with Crippen LogP contribution in [0.25, 0.3) is 0 Å². The fraction of sp³-hybridized carbons (Fsp3) is 0.333. The minimum Gasteiger partial charge on any atom is -0.497 e. The summed E-state index contributed by atoms with van der Waals surface area (Å²) in [7, 11) is 3.11. The van der Waals surface area contributed by atoms with Gasteiger partial charge in [-0.2, -0.15) is 5.10 Å². The molecule has 1 aromatic heterocycles. The van der Waals surface area contributed by atoms with Gasteiger partial charge in [0.1, 0.15) is 11.5 Å². The molecule has 0 bridgehead atoms. The number of amides is 2. The van der Waals surface area contributed by atoms with Gasteiger partial charge in [0.25, 0.3) is 0 Å². The summed E-state index contributed by atoms with van der Waals surface area (Å²) in [6.45, 7) is 3.21. The number of hydrogen-bond acceptors (Lipinski definition) is 4. The molecule has 0 aliphatic carbocycles. The Morgan fingerprint density at radius 3 is 2.77 bits per heavy atom. The molecule has 2 N–H and O–H groups in total. The van der Waals surface area contributed by atoms with E-state index in [1.165, 1.54) is 0 Å². The number of nitrogens with one attached hydrogen (secondary N) is 2. The first-order valence-corrected chi connectivity index (χ1v) is 6.94. The summed E-state index contributed by atoms with van der Waals surface area (Å²) >= 11 is 0. The molecule has 0 saturated heterocycles. The summed E-state index contributed by atoms with van der Waals surface area (Å²) in [6.07, 6.45) is 3.63. The van der Waals surface area contributed by atoms with Crippen LogP contribution in [0.1, 0.15) is 12.5 Å². The lowest BCUT2D eigenvalue weighted by Gasteiger charge is -2.12. The molecule has 0 saturated carbocycles. The van der Waals surface area contributed by atoms with Crippen LogP contribution in [0.5, 0.6) is 11.5 Å². The highest BCUT2D eigenvalue weighted by molar-refractivity contribution is 5.91. The van der Waals surface area contributed by atoms with Gasteiger partial charge in [-0.05, 0) is 19.1 Å². The van der Waals surface area contributed by atoms with Gasteiger partial charge in [0.15, 0.2) is 0 Å². The van der Waals surface area contributed by atoms with E-state index in [1.807, 2.05) is 13.1 Å². The van der Waals surface area contributed by atoms with E-state index in [-0.39, 0.29) is 6.03 Å². The average Bonchev–Trinajstić information content (AvgIpc) is 3.01. The molecular weight excluding hydrogens is 284 g/mol. The van der Waals surface area contributed by atoms with Gasteiger partial charge in [-0.25, -0.2) is 4.79 Å². The van der Waals surface area contributed by atoms with Gasteiger partial charge in [-0.3, -0.25) is 4.68 Å². The van der Waals surface area contributed by atoms with Crippen LogP contribution in [0, 0.1) is 0 Å². The van der Waals surface area contributed by atoms with E-state index in [9.17, 15) is 4.79 Å². The number of anilines is 1. The first-order valence-electron chi connectivity index (χ1n) is 6.94. The third-order valence-corrected chi connectivity index (χ3v) is 3.12. The van der Waals surface area contributed by atoms with Crippen molar-refractivity contribution in [3.8, 4) is 11.5 Å². The Labute approximate surface area is 129 Å². The van der Waals surface area contributed by atoms with Crippen molar-refractivity contribution in [1.29, 1.82) is 0 Å². The van der Waals surface area contributed by atoms with Crippen molar-refractivity contribution in [2.45, 2.75) is 20.0 Å². The number of urea groups is 1. The number of benzene rings is 1. The maximum atomic E-state index is 12.0. The van der Waals surface area contributed by atoms with Crippen LogP contribution < -0.4 is 20.1 Å². The fourth-order valence-electron chi connectivity index (χ4n) is 1.93. The molecule has 7 heteroatoms. The summed E-state index contributed by atoms with van der Waals surface area (Å²) < 4.78 is 12.2. The van der Waals surface area contributed by atoms with Gasteiger partial charge in [-0.1, -0.05) is 0 Å². The number of carbonyl (C=O) groups excluding carboxylic acids is 1. The Bertz CT molecular complexity index is 639. The number of hydrogen-bond donors (Lipinski definition) is 2. The SMILES string of the molecule is CCn1cc(CNC(=O)Nc2cc(OC)ccc2OC)cn1. The van der Waals surface area contributed by atoms with Gasteiger partial charge in [0.2, 0.25) is 0 Å². The van der Waals surface area contributed by atoms with Gasteiger partial charge in [0.05, 0.1) is 26.1 Å². The van der Waals surface area contributed by atoms with E-state index >= 15 is 0 Å². The molecule has 2 rings (SSSR count). The number of nitrogens with zero attached hydrogens (tertiary/aromatic N) is 2. The Hall–Kier alpha value is -2.70. The summed E-state index contributed by atoms with van der Waals surface area (Å²) in [5.41, 5.74) is 1.48. The van der Waals surface area contributed by atoms with Crippen molar-refractivity contribution in [3.63, 3.8) is 0 Å². The third-order valence-electron chi connectivity index (χ3n) is 3.12. The highest BCUT2D eigenvalue weighted by Gasteiger charge is 2.09. The van der Waals surface area contributed by atoms with Crippen LogP contribution in [0.4, 0.5) is 10.5 Å². The van der Waals surface area contributed by atoms with E-state index in [0.29, 0.717) is 23.7 Å². The van der Waals surface area contributed by atoms with Crippen LogP contribution in [0.2, 0.25) is 0 Å². The van der Waals surface area contributed by atoms with Gasteiger partial charge >= 0.3 is 6.03 Å². The lowest BCUT2D eigenvalue weighted by Crippen LogP contribution is -2.28. The van der Waals surface area contributed by atoms with Crippen molar-refractivity contribution in [3.05, 3.63) is 36.2 Å². The molecule has 2 amide bonds. The van der Waals surface area contributed by atoms with Crippen molar-refractivity contribution in [2.24, 2.45) is 0 Å². The number of aryl methyl sites for hydroxylation is 1. The molecule has 0 unspecified atom stereocenters. The van der Waals surface area contributed by atoms with E-state index in [4.69, 9.17) is 9.47 Å². The zero-order valence-electron chi connectivity index (χ0n) is 12.9. The molecule has 2 aromatic rings. The van der Waals surface area contributed by atoms with Gasteiger partial charge in [-0.15, -0.1) is 0 Å². The quantitative estimate of drug-likeness (QED) is 0.858. The van der Waals surface area contributed by atoms with Gasteiger partial charge < -0.3 is 20.1 Å². The zero-order chi connectivity index (χ0) is 15.9. The normalized spacial score (nSPS) is 10.1. The van der Waals surface area contributed by atoms with Crippen LogP contribution in [0.15, 0.2) is 30.6 Å². The Morgan fingerprint density at radius 2 is 2.14 bits per heavy atom. The molecule has 22 heavy (non-hydrogen) atoms. The average molecular weight is 304 g/mol. The highest BCUT2D eigenvalue weighted by atomic mass is 16.5. The van der Waals surface area contributed by atoms with E-state index in [0.717, 1.165) is 12.1 Å². The number of rotatable bonds is 6. The van der Waals surface area contributed by atoms with Gasteiger partial charge in [0, 0.05) is 30.9 Å². The van der Waals surface area contributed by atoms with Crippen LogP contribution in [-0.4, -0.2) is 30.0 Å². The Morgan fingerprint density at radius 1 is 1.32 bits per heavy atom. The predicted molar refractivity (Wildman–Crippen MR) is 83.3 cm³/mol. The summed E-state index contributed by atoms with van der Waals surface area (Å²) in [6, 6.07) is 4.88. The maximum absolute atomic E-state index is 12.0. The minimum atomic E-state index is -0.323. The van der Waals surface area contributed by atoms with Crippen LogP contribution in [0.3, 0.4) is 0 Å². The topological polar surface area (TPSA) is 77.4 Å². The Balaban J connectivity index is 1.96. The molecule has 7 nitrogen and oxygen atoms in total. The Kier molecular flexibility index (Phi) is 5.24. The maximum Gasteiger partial charge on any atom is 0.319 e. The second-order valence-corrected chi connectivity index (χ2v) is 4.58. The molecule has 0 atom stereocenters. The van der Waals surface area contributed by atoms with Crippen LogP contribution >= 0.6 is 0 Å². The highest BCUT2D eigenvalue weighted by Crippen LogP contribution is 2.28. The van der Waals surface area contributed by atoms with E-state index in [1.54, 1.807) is 43.3 Å². The van der Waals surface area contributed by atoms with E-state index in [2.05, 4.69) is 15.7 Å². The molecule has 0 spiro atoms. The fourth-order valence-corrected chi connectivity index (χ4v) is 1.93. The summed E-state index contributed by atoms with van der Waals surface area (Å²) in [5, 5.41) is 9.67. The molecule has 0 aliphatic heterocycles. The number of carbonyl (C=O) groups is 1. The molecule has 1 aromatic carbocycles. The van der Waals surface area contributed by atoms with Crippen molar-refractivity contribution >= 4 is 11.7 Å². The first kappa shape index (κ1) is 15.7. The molecule has 118 valence electrons. The monoisotopic (exact) mass is 304 g/mol. The summed E-state index contributed by atoms with van der Waals surface area (Å²) in [5.74, 6) is 1.20. The lowest BCUT2D eigenvalue weighted by atomic mass is 10.2. The molecule has 0 radical (unpaired) electrons. The minimum absolute atomic E-state index is 0.323. The molecule has 0 fully saturated rings. The molecular formula is C15H20N4O3. The third kappa shape index (κ3) is 3.91. The zero-order valence-corrected chi connectivity index (χ0v) is 12.9. The second-order valence-electron chi connectivity index (χ2n) is 4.58. The van der Waals surface area contributed by atoms with Crippen molar-refractivity contribution in [2.75, 3.05) is 19.5 Å². The smallest absolute Gasteiger partial charge is 0.319 e. The summed E-state index contributed by atoms with van der Waals surface area (Å²) in [4.78, 5) is 12.0. The van der Waals surface area contributed by atoms with Crippen LogP contribution in [-0.2, 0) is 13.1 Å². The lowest BCUT2D eigenvalue weighted by molar-refractivity contribution is 0.251. The van der Waals surface area contributed by atoms with Crippen molar-refractivity contribution < 1.29 is 14.3 Å². The number of methoxy groups -OCH3 is 2. The van der Waals surface area contributed by atoms with E-state index < -0.39 is 0 Å².